The molecule has 4 nitrogen and oxygen atoms in total. The normalized spacial score (nSPS) is 19.4. The van der Waals surface area contributed by atoms with E-state index in [1.807, 2.05) is 13.0 Å². The third-order valence-corrected chi connectivity index (χ3v) is 4.01. The van der Waals surface area contributed by atoms with Crippen molar-refractivity contribution in [2.24, 2.45) is 5.92 Å². The SMILES string of the molecule is Cc1cc(Cl)cc2c(=O)n(C[C@@H]3CCCOC3)cnc12. The van der Waals surface area contributed by atoms with E-state index in [-0.39, 0.29) is 5.56 Å². The lowest BCUT2D eigenvalue weighted by Gasteiger charge is -2.22. The van der Waals surface area contributed by atoms with Gasteiger partial charge in [0.15, 0.2) is 0 Å². The second-order valence-electron chi connectivity index (χ2n) is 5.40. The van der Waals surface area contributed by atoms with Crippen LogP contribution < -0.4 is 5.56 Å². The van der Waals surface area contributed by atoms with Crippen LogP contribution in [0.3, 0.4) is 0 Å². The van der Waals surface area contributed by atoms with Crippen LogP contribution in [0.15, 0.2) is 23.3 Å². The van der Waals surface area contributed by atoms with Crippen LogP contribution in [0.25, 0.3) is 10.9 Å². The minimum atomic E-state index is -0.0221. The molecule has 1 fully saturated rings. The van der Waals surface area contributed by atoms with Gasteiger partial charge in [-0.15, -0.1) is 0 Å². The van der Waals surface area contributed by atoms with Gasteiger partial charge in [-0.1, -0.05) is 11.6 Å². The van der Waals surface area contributed by atoms with Gasteiger partial charge in [0.1, 0.15) is 0 Å². The van der Waals surface area contributed by atoms with E-state index in [0.717, 1.165) is 37.1 Å². The number of aryl methyl sites for hydroxylation is 1. The lowest BCUT2D eigenvalue weighted by atomic mass is 10.0. The summed E-state index contributed by atoms with van der Waals surface area (Å²) < 4.78 is 7.14. The van der Waals surface area contributed by atoms with E-state index in [1.165, 1.54) is 0 Å². The second kappa shape index (κ2) is 5.54. The topological polar surface area (TPSA) is 44.1 Å². The number of aromatic nitrogens is 2. The average molecular weight is 293 g/mol. The Balaban J connectivity index is 2.00. The van der Waals surface area contributed by atoms with Crippen molar-refractivity contribution in [2.75, 3.05) is 13.2 Å². The first-order valence-corrected chi connectivity index (χ1v) is 7.26. The van der Waals surface area contributed by atoms with Crippen molar-refractivity contribution in [3.63, 3.8) is 0 Å². The molecular weight excluding hydrogens is 276 g/mol. The van der Waals surface area contributed by atoms with E-state index in [1.54, 1.807) is 17.0 Å². The van der Waals surface area contributed by atoms with Crippen LogP contribution >= 0.6 is 11.6 Å². The maximum Gasteiger partial charge on any atom is 0.261 e. The highest BCUT2D eigenvalue weighted by Crippen LogP contribution is 2.20. The van der Waals surface area contributed by atoms with Crippen LogP contribution in [0.2, 0.25) is 5.02 Å². The standard InChI is InChI=1S/C15H17ClN2O2/c1-10-5-12(16)6-13-14(10)17-9-18(15(13)19)7-11-3-2-4-20-8-11/h5-6,9,11H,2-4,7-8H2,1H3/t11-/m0/s1. The summed E-state index contributed by atoms with van der Waals surface area (Å²) in [6, 6.07) is 3.53. The Morgan fingerprint density at radius 1 is 1.50 bits per heavy atom. The predicted molar refractivity (Wildman–Crippen MR) is 79.3 cm³/mol. The number of nitrogens with zero attached hydrogens (tertiary/aromatic N) is 2. The van der Waals surface area contributed by atoms with Crippen LogP contribution in [0, 0.1) is 12.8 Å². The molecule has 0 N–H and O–H groups in total. The van der Waals surface area contributed by atoms with Gasteiger partial charge >= 0.3 is 0 Å². The minimum Gasteiger partial charge on any atom is -0.381 e. The second-order valence-corrected chi connectivity index (χ2v) is 5.84. The Hall–Kier alpha value is -1.39. The number of ether oxygens (including phenoxy) is 1. The van der Waals surface area contributed by atoms with Gasteiger partial charge in [-0.05, 0) is 37.5 Å². The molecule has 1 saturated heterocycles. The van der Waals surface area contributed by atoms with E-state index in [9.17, 15) is 4.79 Å². The molecule has 3 rings (SSSR count). The highest BCUT2D eigenvalue weighted by Gasteiger charge is 2.16. The molecule has 1 aliphatic rings. The first kappa shape index (κ1) is 13.6. The molecule has 0 amide bonds. The molecule has 2 heterocycles. The molecule has 0 bridgehead atoms. The van der Waals surface area contributed by atoms with E-state index >= 15 is 0 Å². The van der Waals surface area contributed by atoms with Crippen molar-refractivity contribution in [3.8, 4) is 0 Å². The molecule has 0 unspecified atom stereocenters. The molecule has 0 spiro atoms. The molecule has 1 aromatic carbocycles. The molecule has 106 valence electrons. The first-order chi connectivity index (χ1) is 9.65. The Morgan fingerprint density at radius 3 is 3.10 bits per heavy atom. The zero-order chi connectivity index (χ0) is 14.1. The van der Waals surface area contributed by atoms with Crippen molar-refractivity contribution >= 4 is 22.5 Å². The Morgan fingerprint density at radius 2 is 2.35 bits per heavy atom. The van der Waals surface area contributed by atoms with Crippen molar-refractivity contribution in [1.29, 1.82) is 0 Å². The highest BCUT2D eigenvalue weighted by atomic mass is 35.5. The predicted octanol–water partition coefficient (Wildman–Crippen LogP) is 2.78. The summed E-state index contributed by atoms with van der Waals surface area (Å²) in [5, 5.41) is 1.17. The number of halogens is 1. The van der Waals surface area contributed by atoms with Crippen molar-refractivity contribution in [3.05, 3.63) is 39.4 Å². The molecule has 0 aliphatic carbocycles. The third kappa shape index (κ3) is 2.58. The molecule has 1 atom stereocenters. The first-order valence-electron chi connectivity index (χ1n) is 6.88. The van der Waals surface area contributed by atoms with Gasteiger partial charge in [-0.25, -0.2) is 4.98 Å². The van der Waals surface area contributed by atoms with E-state index < -0.39 is 0 Å². The summed E-state index contributed by atoms with van der Waals surface area (Å²) in [6.07, 6.45) is 3.80. The number of fused-ring (bicyclic) bond motifs is 1. The van der Waals surface area contributed by atoms with Gasteiger partial charge in [0.2, 0.25) is 0 Å². The summed E-state index contributed by atoms with van der Waals surface area (Å²) in [5.74, 6) is 0.390. The van der Waals surface area contributed by atoms with Crippen LogP contribution in [0.4, 0.5) is 0 Å². The monoisotopic (exact) mass is 292 g/mol. The van der Waals surface area contributed by atoms with Crippen molar-refractivity contribution in [2.45, 2.75) is 26.3 Å². The van der Waals surface area contributed by atoms with Crippen molar-refractivity contribution in [1.82, 2.24) is 9.55 Å². The molecule has 0 radical (unpaired) electrons. The summed E-state index contributed by atoms with van der Waals surface area (Å²) in [7, 11) is 0. The number of hydrogen-bond donors (Lipinski definition) is 0. The largest absolute Gasteiger partial charge is 0.381 e. The number of benzene rings is 1. The molecule has 20 heavy (non-hydrogen) atoms. The maximum absolute atomic E-state index is 12.5. The Labute approximate surface area is 122 Å². The van der Waals surface area contributed by atoms with E-state index in [4.69, 9.17) is 16.3 Å². The van der Waals surface area contributed by atoms with Gasteiger partial charge in [0, 0.05) is 24.1 Å². The fourth-order valence-electron chi connectivity index (χ4n) is 2.76. The lowest BCUT2D eigenvalue weighted by molar-refractivity contribution is 0.0479. The zero-order valence-electron chi connectivity index (χ0n) is 11.4. The third-order valence-electron chi connectivity index (χ3n) is 3.79. The smallest absolute Gasteiger partial charge is 0.261 e. The molecular formula is C15H17ClN2O2. The maximum atomic E-state index is 12.5. The minimum absolute atomic E-state index is 0.0221. The van der Waals surface area contributed by atoms with Gasteiger partial charge in [-0.3, -0.25) is 9.36 Å². The summed E-state index contributed by atoms with van der Waals surface area (Å²) in [4.78, 5) is 16.9. The molecule has 5 heteroatoms. The number of hydrogen-bond acceptors (Lipinski definition) is 3. The Kier molecular flexibility index (Phi) is 3.76. The van der Waals surface area contributed by atoms with Gasteiger partial charge < -0.3 is 4.74 Å². The zero-order valence-corrected chi connectivity index (χ0v) is 12.2. The van der Waals surface area contributed by atoms with Crippen LogP contribution in [-0.2, 0) is 11.3 Å². The van der Waals surface area contributed by atoms with Crippen molar-refractivity contribution < 1.29 is 4.74 Å². The van der Waals surface area contributed by atoms with Gasteiger partial charge in [0.05, 0.1) is 23.8 Å². The fourth-order valence-corrected chi connectivity index (χ4v) is 3.04. The lowest BCUT2D eigenvalue weighted by Crippen LogP contribution is -2.28. The van der Waals surface area contributed by atoms with Crippen LogP contribution in [-0.4, -0.2) is 22.8 Å². The molecule has 1 aromatic heterocycles. The number of rotatable bonds is 2. The van der Waals surface area contributed by atoms with E-state index in [2.05, 4.69) is 4.98 Å². The summed E-state index contributed by atoms with van der Waals surface area (Å²) in [6.45, 7) is 4.13. The molecule has 1 aliphatic heterocycles. The average Bonchev–Trinajstić information content (AvgIpc) is 2.43. The van der Waals surface area contributed by atoms with Gasteiger partial charge in [-0.2, -0.15) is 0 Å². The summed E-state index contributed by atoms with van der Waals surface area (Å²) in [5.41, 5.74) is 1.64. The summed E-state index contributed by atoms with van der Waals surface area (Å²) >= 11 is 6.04. The van der Waals surface area contributed by atoms with E-state index in [0.29, 0.717) is 22.9 Å². The quantitative estimate of drug-likeness (QED) is 0.855. The molecule has 0 saturated carbocycles. The Bertz CT molecular complexity index is 690. The molecule has 2 aromatic rings. The highest BCUT2D eigenvalue weighted by molar-refractivity contribution is 6.31. The fraction of sp³-hybridized carbons (Fsp3) is 0.467. The van der Waals surface area contributed by atoms with Crippen LogP contribution in [0.5, 0.6) is 0 Å². The van der Waals surface area contributed by atoms with Gasteiger partial charge in [0.25, 0.3) is 5.56 Å². The van der Waals surface area contributed by atoms with Crippen LogP contribution in [0.1, 0.15) is 18.4 Å².